The van der Waals surface area contributed by atoms with E-state index in [0.29, 0.717) is 12.0 Å². The van der Waals surface area contributed by atoms with Gasteiger partial charge in [-0.2, -0.15) is 0 Å². The molecule has 0 spiro atoms. The maximum Gasteiger partial charge on any atom is 0.381 e. The lowest BCUT2D eigenvalue weighted by molar-refractivity contribution is -0.255. The van der Waals surface area contributed by atoms with Gasteiger partial charge in [-0.1, -0.05) is 19.6 Å². The number of ether oxygens (including phenoxy) is 1. The van der Waals surface area contributed by atoms with E-state index in [1.54, 1.807) is 13.0 Å². The highest BCUT2D eigenvalue weighted by molar-refractivity contribution is 5.94. The monoisotopic (exact) mass is 300 g/mol. The first-order valence-electron chi connectivity index (χ1n) is 6.10. The van der Waals surface area contributed by atoms with Crippen molar-refractivity contribution in [1.29, 1.82) is 0 Å². The van der Waals surface area contributed by atoms with Gasteiger partial charge in [-0.3, -0.25) is 9.59 Å². The standard InChI is InChI=1S/C10H14O5.C4H6O2/c1-4-5-7(2)10(13)15-14-9(12)6-8(3)11;1-3-6-4(2)5/h5H,4,6H2,1-3H3;3H,1H2,2H3. The van der Waals surface area contributed by atoms with Crippen LogP contribution in [0.5, 0.6) is 0 Å². The van der Waals surface area contributed by atoms with Crippen molar-refractivity contribution in [2.75, 3.05) is 0 Å². The summed E-state index contributed by atoms with van der Waals surface area (Å²) < 4.78 is 4.17. The molecule has 0 saturated carbocycles. The Morgan fingerprint density at radius 3 is 1.95 bits per heavy atom. The highest BCUT2D eigenvalue weighted by Gasteiger charge is 2.12. The smallest absolute Gasteiger partial charge is 0.381 e. The molecule has 0 bridgehead atoms. The molecule has 0 saturated heterocycles. The number of hydrogen-bond acceptors (Lipinski definition) is 7. The number of ketones is 1. The lowest BCUT2D eigenvalue weighted by Crippen LogP contribution is -2.14. The number of carbonyl (C=O) groups is 4. The average molecular weight is 300 g/mol. The van der Waals surface area contributed by atoms with Gasteiger partial charge in [0.05, 0.1) is 6.26 Å². The summed E-state index contributed by atoms with van der Waals surface area (Å²) >= 11 is 0. The van der Waals surface area contributed by atoms with E-state index >= 15 is 0 Å². The predicted molar refractivity (Wildman–Crippen MR) is 73.5 cm³/mol. The van der Waals surface area contributed by atoms with E-state index in [0.717, 1.165) is 6.26 Å². The van der Waals surface area contributed by atoms with E-state index in [2.05, 4.69) is 21.1 Å². The van der Waals surface area contributed by atoms with Crippen LogP contribution in [0.15, 0.2) is 24.5 Å². The fourth-order valence-electron chi connectivity index (χ4n) is 0.890. The van der Waals surface area contributed by atoms with Crippen LogP contribution in [-0.2, 0) is 33.7 Å². The summed E-state index contributed by atoms with van der Waals surface area (Å²) in [5.74, 6) is -2.28. The summed E-state index contributed by atoms with van der Waals surface area (Å²) in [5.41, 5.74) is 0.355. The average Bonchev–Trinajstić information content (AvgIpc) is 2.36. The van der Waals surface area contributed by atoms with Crippen LogP contribution in [0.25, 0.3) is 0 Å². The molecule has 0 atom stereocenters. The topological polar surface area (TPSA) is 96.0 Å². The molecule has 0 amide bonds. The Morgan fingerprint density at radius 2 is 1.62 bits per heavy atom. The fourth-order valence-corrected chi connectivity index (χ4v) is 0.890. The van der Waals surface area contributed by atoms with Crippen LogP contribution in [0.2, 0.25) is 0 Å². The van der Waals surface area contributed by atoms with Crippen molar-refractivity contribution < 1.29 is 33.7 Å². The third kappa shape index (κ3) is 15.5. The van der Waals surface area contributed by atoms with Crippen LogP contribution in [0.1, 0.15) is 40.5 Å². The Bertz CT molecular complexity index is 421. The third-order valence-corrected chi connectivity index (χ3v) is 1.69. The van der Waals surface area contributed by atoms with E-state index in [-0.39, 0.29) is 11.8 Å². The van der Waals surface area contributed by atoms with Crippen molar-refractivity contribution in [3.63, 3.8) is 0 Å². The van der Waals surface area contributed by atoms with E-state index in [4.69, 9.17) is 0 Å². The quantitative estimate of drug-likeness (QED) is 0.191. The summed E-state index contributed by atoms with van der Waals surface area (Å²) in [4.78, 5) is 50.4. The minimum Gasteiger partial charge on any atom is -0.435 e. The second-order valence-electron chi connectivity index (χ2n) is 3.78. The van der Waals surface area contributed by atoms with Gasteiger partial charge >= 0.3 is 17.9 Å². The first-order valence-corrected chi connectivity index (χ1v) is 6.10. The summed E-state index contributed by atoms with van der Waals surface area (Å²) in [5, 5.41) is 0. The zero-order valence-corrected chi connectivity index (χ0v) is 12.6. The third-order valence-electron chi connectivity index (χ3n) is 1.69. The number of Topliss-reactive ketones (excluding diaryl/α,β-unsaturated/α-hetero) is 1. The van der Waals surface area contributed by atoms with Crippen LogP contribution in [0.3, 0.4) is 0 Å². The minimum absolute atomic E-state index is 0.329. The zero-order chi connectivity index (χ0) is 16.8. The summed E-state index contributed by atoms with van der Waals surface area (Å²) in [6.45, 7) is 9.13. The number of carbonyl (C=O) groups excluding carboxylic acids is 4. The predicted octanol–water partition coefficient (Wildman–Crippen LogP) is 2.02. The molecule has 7 nitrogen and oxygen atoms in total. The largest absolute Gasteiger partial charge is 0.435 e. The van der Waals surface area contributed by atoms with Gasteiger partial charge in [0.25, 0.3) is 0 Å². The second kappa shape index (κ2) is 12.6. The molecule has 0 fully saturated rings. The Kier molecular flexibility index (Phi) is 12.5. The van der Waals surface area contributed by atoms with Crippen molar-refractivity contribution in [3.8, 4) is 0 Å². The molecule has 0 aliphatic carbocycles. The van der Waals surface area contributed by atoms with E-state index in [1.807, 2.05) is 6.92 Å². The molecule has 0 rings (SSSR count). The van der Waals surface area contributed by atoms with Crippen LogP contribution in [0.4, 0.5) is 0 Å². The molecule has 118 valence electrons. The van der Waals surface area contributed by atoms with Gasteiger partial charge in [-0.25, -0.2) is 19.4 Å². The van der Waals surface area contributed by atoms with Gasteiger partial charge in [0.2, 0.25) is 0 Å². The number of esters is 1. The number of allylic oxidation sites excluding steroid dienone is 1. The molecule has 0 heterocycles. The number of rotatable bonds is 5. The van der Waals surface area contributed by atoms with Crippen molar-refractivity contribution in [2.24, 2.45) is 0 Å². The Hall–Kier alpha value is -2.44. The van der Waals surface area contributed by atoms with Gasteiger partial charge in [0.1, 0.15) is 12.2 Å². The van der Waals surface area contributed by atoms with E-state index in [1.165, 1.54) is 13.8 Å². The maximum atomic E-state index is 11.1. The second-order valence-corrected chi connectivity index (χ2v) is 3.78. The van der Waals surface area contributed by atoms with E-state index < -0.39 is 18.4 Å². The molecule has 7 heteroatoms. The lowest BCUT2D eigenvalue weighted by Gasteiger charge is -2.01. The summed E-state index contributed by atoms with van der Waals surface area (Å²) in [6.07, 6.45) is 3.02. The Morgan fingerprint density at radius 1 is 1.05 bits per heavy atom. The first kappa shape index (κ1) is 20.9. The van der Waals surface area contributed by atoms with Crippen LogP contribution in [0, 0.1) is 0 Å². The molecule has 21 heavy (non-hydrogen) atoms. The van der Waals surface area contributed by atoms with Gasteiger partial charge < -0.3 is 4.74 Å². The molecule has 0 aliphatic heterocycles. The minimum atomic E-state index is -0.875. The molecule has 0 aromatic heterocycles. The number of hydrogen-bond donors (Lipinski definition) is 0. The summed E-state index contributed by atoms with van der Waals surface area (Å²) in [6, 6.07) is 0. The lowest BCUT2D eigenvalue weighted by atomic mass is 10.2. The molecular weight excluding hydrogens is 280 g/mol. The van der Waals surface area contributed by atoms with Gasteiger partial charge in [-0.15, -0.1) is 0 Å². The maximum absolute atomic E-state index is 11.1. The molecule has 0 aliphatic rings. The molecule has 0 radical (unpaired) electrons. The normalized spacial score (nSPS) is 9.62. The van der Waals surface area contributed by atoms with Crippen LogP contribution >= 0.6 is 0 Å². The van der Waals surface area contributed by atoms with Crippen molar-refractivity contribution in [1.82, 2.24) is 0 Å². The highest BCUT2D eigenvalue weighted by Crippen LogP contribution is 2.00. The first-order chi connectivity index (χ1) is 9.74. The highest BCUT2D eigenvalue weighted by atomic mass is 17.2. The Labute approximate surface area is 123 Å². The molecule has 0 aromatic carbocycles. The van der Waals surface area contributed by atoms with Gasteiger partial charge in [0, 0.05) is 12.5 Å². The van der Waals surface area contributed by atoms with Crippen molar-refractivity contribution in [3.05, 3.63) is 24.5 Å². The SMILES string of the molecule is C=COC(C)=O.CCC=C(C)C(=O)OOC(=O)CC(C)=O. The molecule has 0 unspecified atom stereocenters. The van der Waals surface area contributed by atoms with Gasteiger partial charge in [-0.05, 0) is 20.3 Å². The summed E-state index contributed by atoms with van der Waals surface area (Å²) in [7, 11) is 0. The zero-order valence-electron chi connectivity index (χ0n) is 12.6. The fraction of sp³-hybridized carbons (Fsp3) is 0.429. The Balaban J connectivity index is 0. The van der Waals surface area contributed by atoms with Gasteiger partial charge in [0.15, 0.2) is 0 Å². The van der Waals surface area contributed by atoms with Crippen LogP contribution < -0.4 is 0 Å². The molecule has 0 N–H and O–H groups in total. The molecule has 0 aromatic rings. The van der Waals surface area contributed by atoms with Crippen molar-refractivity contribution in [2.45, 2.75) is 40.5 Å². The molecular formula is C14H20O7. The van der Waals surface area contributed by atoms with E-state index in [9.17, 15) is 19.2 Å². The van der Waals surface area contributed by atoms with Crippen molar-refractivity contribution >= 4 is 23.7 Å². The van der Waals surface area contributed by atoms with Crippen LogP contribution in [-0.4, -0.2) is 23.7 Å².